The minimum Gasteiger partial charge on any atom is -0.454 e. The molecule has 0 radical (unpaired) electrons. The summed E-state index contributed by atoms with van der Waals surface area (Å²) in [4.78, 5) is 19.8. The number of thioether (sulfide) groups is 1. The molecule has 4 heterocycles. The minimum atomic E-state index is -0.0667. The van der Waals surface area contributed by atoms with Gasteiger partial charge in [-0.3, -0.25) is 9.20 Å². The predicted octanol–water partition coefficient (Wildman–Crippen LogP) is 3.91. The van der Waals surface area contributed by atoms with Crippen molar-refractivity contribution in [3.8, 4) is 11.5 Å². The summed E-state index contributed by atoms with van der Waals surface area (Å²) < 4.78 is 12.7. The van der Waals surface area contributed by atoms with Crippen LogP contribution in [0.3, 0.4) is 0 Å². The number of fused-ring (bicyclic) bond motifs is 6. The summed E-state index contributed by atoms with van der Waals surface area (Å²) in [5.41, 5.74) is 3.20. The highest BCUT2D eigenvalue weighted by molar-refractivity contribution is 7.99. The molecule has 1 aliphatic carbocycles. The molecule has 10 heteroatoms. The molecule has 0 spiro atoms. The molecule has 1 atom stereocenters. The van der Waals surface area contributed by atoms with E-state index in [1.807, 2.05) is 29.5 Å². The molecule has 0 saturated carbocycles. The van der Waals surface area contributed by atoms with E-state index in [-0.39, 0.29) is 18.5 Å². The van der Waals surface area contributed by atoms with Crippen LogP contribution in [-0.4, -0.2) is 38.0 Å². The number of benzene rings is 1. The number of aromatic nitrogens is 4. The van der Waals surface area contributed by atoms with Crippen LogP contribution >= 0.6 is 23.1 Å². The summed E-state index contributed by atoms with van der Waals surface area (Å²) in [5.74, 6) is 3.19. The highest BCUT2D eigenvalue weighted by Gasteiger charge is 2.25. The van der Waals surface area contributed by atoms with Crippen LogP contribution in [0.4, 0.5) is 0 Å². The molecule has 8 nitrogen and oxygen atoms in total. The van der Waals surface area contributed by atoms with E-state index < -0.39 is 0 Å². The molecule has 0 saturated heterocycles. The predicted molar refractivity (Wildman–Crippen MR) is 127 cm³/mol. The van der Waals surface area contributed by atoms with E-state index in [0.717, 1.165) is 45.8 Å². The molecule has 0 bridgehead atoms. The second-order valence-electron chi connectivity index (χ2n) is 8.59. The first-order chi connectivity index (χ1) is 16.1. The van der Waals surface area contributed by atoms with E-state index in [2.05, 4.69) is 22.4 Å². The molecule has 0 unspecified atom stereocenters. The third-order valence-electron chi connectivity index (χ3n) is 6.20. The number of rotatable bonds is 5. The van der Waals surface area contributed by atoms with Crippen LogP contribution in [0.25, 0.3) is 15.9 Å². The van der Waals surface area contributed by atoms with Crippen LogP contribution in [0.15, 0.2) is 23.4 Å². The molecule has 2 aliphatic rings. The summed E-state index contributed by atoms with van der Waals surface area (Å²) in [6, 6.07) is 5.68. The lowest BCUT2D eigenvalue weighted by atomic mass is 9.89. The fraction of sp³-hybridized carbons (Fsp3) is 0.391. The first-order valence-corrected chi connectivity index (χ1v) is 12.8. The molecule has 1 aliphatic heterocycles. The van der Waals surface area contributed by atoms with Crippen LogP contribution in [0.5, 0.6) is 11.5 Å². The smallest absolute Gasteiger partial charge is 0.231 e. The average Bonchev–Trinajstić information content (AvgIpc) is 3.51. The Hall–Kier alpha value is -2.85. The molecule has 1 amide bonds. The lowest BCUT2D eigenvalue weighted by molar-refractivity contribution is -0.118. The number of aryl methyl sites for hydroxylation is 2. The number of thiophene rings is 1. The number of ether oxygens (including phenoxy) is 2. The van der Waals surface area contributed by atoms with Crippen molar-refractivity contribution in [3.05, 3.63) is 40.0 Å². The Morgan fingerprint density at radius 2 is 2.18 bits per heavy atom. The van der Waals surface area contributed by atoms with E-state index in [1.54, 1.807) is 11.3 Å². The Kier molecular flexibility index (Phi) is 5.14. The molecule has 3 aromatic heterocycles. The third kappa shape index (κ3) is 3.71. The van der Waals surface area contributed by atoms with Crippen molar-refractivity contribution in [1.82, 2.24) is 24.9 Å². The van der Waals surface area contributed by atoms with Crippen molar-refractivity contribution in [2.24, 2.45) is 5.92 Å². The SMILES string of the molecule is Cc1nc2sc3c(c2c2nnc(SCC(=O)NCc4ccc5c(c4)OCO5)n12)CC[C@H](C)C3. The topological polar surface area (TPSA) is 90.6 Å². The van der Waals surface area contributed by atoms with Gasteiger partial charge in [-0.1, -0.05) is 24.8 Å². The highest BCUT2D eigenvalue weighted by atomic mass is 32.2. The second kappa shape index (κ2) is 8.18. The van der Waals surface area contributed by atoms with E-state index in [9.17, 15) is 4.79 Å². The number of nitrogens with zero attached hydrogens (tertiary/aromatic N) is 4. The molecule has 6 rings (SSSR count). The van der Waals surface area contributed by atoms with Crippen molar-refractivity contribution in [2.45, 2.75) is 44.8 Å². The van der Waals surface area contributed by atoms with E-state index >= 15 is 0 Å². The van der Waals surface area contributed by atoms with Gasteiger partial charge < -0.3 is 14.8 Å². The van der Waals surface area contributed by atoms with Gasteiger partial charge in [0, 0.05) is 11.4 Å². The Bertz CT molecular complexity index is 1400. The third-order valence-corrected chi connectivity index (χ3v) is 8.27. The zero-order valence-electron chi connectivity index (χ0n) is 18.4. The van der Waals surface area contributed by atoms with Crippen molar-refractivity contribution in [2.75, 3.05) is 12.5 Å². The second-order valence-corrected chi connectivity index (χ2v) is 10.6. The lowest BCUT2D eigenvalue weighted by Gasteiger charge is -2.17. The quantitative estimate of drug-likeness (QED) is 0.432. The first kappa shape index (κ1) is 20.7. The number of carbonyl (C=O) groups excluding carboxylic acids is 1. The Labute approximate surface area is 198 Å². The van der Waals surface area contributed by atoms with Gasteiger partial charge in [-0.15, -0.1) is 21.5 Å². The number of amides is 1. The van der Waals surface area contributed by atoms with Gasteiger partial charge >= 0.3 is 0 Å². The van der Waals surface area contributed by atoms with Crippen LogP contribution in [0.1, 0.15) is 35.2 Å². The molecular weight excluding hydrogens is 458 g/mol. The fourth-order valence-electron chi connectivity index (χ4n) is 4.49. The summed E-state index contributed by atoms with van der Waals surface area (Å²) in [6.45, 7) is 4.95. The van der Waals surface area contributed by atoms with Crippen LogP contribution in [0.2, 0.25) is 0 Å². The largest absolute Gasteiger partial charge is 0.454 e. The number of nitrogens with one attached hydrogen (secondary N) is 1. The summed E-state index contributed by atoms with van der Waals surface area (Å²) >= 11 is 3.17. The van der Waals surface area contributed by atoms with Gasteiger partial charge in [0.15, 0.2) is 22.3 Å². The number of hydrogen-bond donors (Lipinski definition) is 1. The molecule has 1 N–H and O–H groups in total. The summed E-state index contributed by atoms with van der Waals surface area (Å²) in [5, 5.41) is 13.7. The molecule has 33 heavy (non-hydrogen) atoms. The van der Waals surface area contributed by atoms with Gasteiger partial charge in [0.05, 0.1) is 11.1 Å². The zero-order valence-corrected chi connectivity index (χ0v) is 20.0. The van der Waals surface area contributed by atoms with Gasteiger partial charge in [0.25, 0.3) is 0 Å². The Morgan fingerprint density at radius 3 is 3.09 bits per heavy atom. The van der Waals surface area contributed by atoms with Crippen LogP contribution in [-0.2, 0) is 24.2 Å². The van der Waals surface area contributed by atoms with Crippen molar-refractivity contribution in [1.29, 1.82) is 0 Å². The zero-order chi connectivity index (χ0) is 22.5. The Morgan fingerprint density at radius 1 is 1.30 bits per heavy atom. The molecule has 1 aromatic carbocycles. The van der Waals surface area contributed by atoms with Crippen LogP contribution in [0, 0.1) is 12.8 Å². The average molecular weight is 482 g/mol. The normalized spacial score (nSPS) is 17.0. The molecule has 170 valence electrons. The fourth-order valence-corrected chi connectivity index (χ4v) is 6.72. The molecule has 4 aromatic rings. The van der Waals surface area contributed by atoms with Gasteiger partial charge in [0.1, 0.15) is 10.7 Å². The van der Waals surface area contributed by atoms with Crippen LogP contribution < -0.4 is 14.8 Å². The van der Waals surface area contributed by atoms with Gasteiger partial charge in [0.2, 0.25) is 12.7 Å². The maximum atomic E-state index is 12.5. The van der Waals surface area contributed by atoms with E-state index in [0.29, 0.717) is 23.4 Å². The van der Waals surface area contributed by atoms with Crippen molar-refractivity contribution in [3.63, 3.8) is 0 Å². The van der Waals surface area contributed by atoms with Crippen molar-refractivity contribution >= 4 is 44.9 Å². The molecular formula is C23H23N5O3S2. The van der Waals surface area contributed by atoms with Gasteiger partial charge in [-0.25, -0.2) is 4.98 Å². The maximum Gasteiger partial charge on any atom is 0.231 e. The molecule has 0 fully saturated rings. The van der Waals surface area contributed by atoms with E-state index in [4.69, 9.17) is 14.5 Å². The minimum absolute atomic E-state index is 0.0667. The van der Waals surface area contributed by atoms with Gasteiger partial charge in [-0.2, -0.15) is 0 Å². The summed E-state index contributed by atoms with van der Waals surface area (Å²) in [6.07, 6.45) is 3.37. The van der Waals surface area contributed by atoms with Crippen molar-refractivity contribution < 1.29 is 14.3 Å². The number of hydrogen-bond acceptors (Lipinski definition) is 8. The highest BCUT2D eigenvalue weighted by Crippen LogP contribution is 2.39. The van der Waals surface area contributed by atoms with E-state index in [1.165, 1.54) is 28.6 Å². The lowest BCUT2D eigenvalue weighted by Crippen LogP contribution is -2.24. The Balaban J connectivity index is 1.18. The first-order valence-electron chi connectivity index (χ1n) is 11.0. The van der Waals surface area contributed by atoms with Gasteiger partial charge in [-0.05, 0) is 55.4 Å². The monoisotopic (exact) mass is 481 g/mol. The maximum absolute atomic E-state index is 12.5. The standard InChI is InChI=1S/C23H23N5O3S2/c1-12-3-5-15-18(7-12)33-22-20(15)21-26-27-23(28(21)13(2)25-22)32-10-19(29)24-9-14-4-6-16-17(8-14)31-11-30-16/h4,6,8,12H,3,5,7,9-11H2,1-2H3,(H,24,29)/t12-/m0/s1. The summed E-state index contributed by atoms with van der Waals surface area (Å²) in [7, 11) is 0. The number of carbonyl (C=O) groups is 1.